The van der Waals surface area contributed by atoms with Crippen molar-refractivity contribution in [3.8, 4) is 0 Å². The Kier molecular flexibility index (Phi) is 5.75. The predicted molar refractivity (Wildman–Crippen MR) is 86.2 cm³/mol. The van der Waals surface area contributed by atoms with Crippen LogP contribution in [0.1, 0.15) is 20.3 Å². The van der Waals surface area contributed by atoms with Gasteiger partial charge in [0.15, 0.2) is 9.84 Å². The molecular weight excluding hydrogens is 319 g/mol. The van der Waals surface area contributed by atoms with Crippen molar-refractivity contribution in [2.75, 3.05) is 18.8 Å². The number of nitrogens with one attached hydrogen (secondary N) is 2. The van der Waals surface area contributed by atoms with Gasteiger partial charge in [0, 0.05) is 12.0 Å². The van der Waals surface area contributed by atoms with Crippen LogP contribution in [0.25, 0.3) is 0 Å². The summed E-state index contributed by atoms with van der Waals surface area (Å²) in [5.41, 5.74) is 0. The third-order valence-electron chi connectivity index (χ3n) is 4.20. The van der Waals surface area contributed by atoms with Crippen molar-refractivity contribution in [2.24, 2.45) is 11.8 Å². The van der Waals surface area contributed by atoms with Crippen LogP contribution >= 0.6 is 0 Å². The quantitative estimate of drug-likeness (QED) is 0.792. The zero-order chi connectivity index (χ0) is 17.0. The van der Waals surface area contributed by atoms with Crippen molar-refractivity contribution in [2.45, 2.75) is 31.2 Å². The molecule has 1 aromatic rings. The lowest BCUT2D eigenvalue weighted by Crippen LogP contribution is -2.50. The molecule has 1 amide bonds. The normalized spacial score (nSPS) is 23.3. The first-order valence-electron chi connectivity index (χ1n) is 7.79. The highest BCUT2D eigenvalue weighted by molar-refractivity contribution is 7.91. The maximum absolute atomic E-state index is 12.9. The van der Waals surface area contributed by atoms with Crippen LogP contribution in [0.4, 0.5) is 4.39 Å². The number of benzene rings is 1. The first-order chi connectivity index (χ1) is 10.8. The van der Waals surface area contributed by atoms with E-state index in [1.165, 1.54) is 12.1 Å². The molecule has 3 unspecified atom stereocenters. The van der Waals surface area contributed by atoms with Gasteiger partial charge in [-0.1, -0.05) is 13.8 Å². The molecule has 0 radical (unpaired) electrons. The van der Waals surface area contributed by atoms with Gasteiger partial charge in [0.2, 0.25) is 5.91 Å². The summed E-state index contributed by atoms with van der Waals surface area (Å²) in [5, 5.41) is 6.20. The van der Waals surface area contributed by atoms with E-state index in [1.807, 2.05) is 0 Å². The summed E-state index contributed by atoms with van der Waals surface area (Å²) in [5.74, 6) is -1.38. The first-order valence-corrected chi connectivity index (χ1v) is 9.44. The third-order valence-corrected chi connectivity index (χ3v) is 6.13. The van der Waals surface area contributed by atoms with Crippen molar-refractivity contribution < 1.29 is 17.6 Å². The van der Waals surface area contributed by atoms with E-state index in [4.69, 9.17) is 0 Å². The number of carbonyl (C=O) groups is 1. The van der Waals surface area contributed by atoms with Gasteiger partial charge in [-0.3, -0.25) is 4.79 Å². The molecule has 1 aromatic carbocycles. The Bertz CT molecular complexity index is 646. The van der Waals surface area contributed by atoms with Crippen molar-refractivity contribution >= 4 is 15.7 Å². The second-order valence-electron chi connectivity index (χ2n) is 6.22. The molecule has 2 rings (SSSR count). The molecule has 0 aromatic heterocycles. The summed E-state index contributed by atoms with van der Waals surface area (Å²) < 4.78 is 37.5. The summed E-state index contributed by atoms with van der Waals surface area (Å²) in [6, 6.07) is 4.73. The fourth-order valence-corrected chi connectivity index (χ4v) is 4.25. The van der Waals surface area contributed by atoms with E-state index >= 15 is 0 Å². The molecule has 2 N–H and O–H groups in total. The minimum absolute atomic E-state index is 0.0359. The summed E-state index contributed by atoms with van der Waals surface area (Å²) in [6.07, 6.45) is 0.838. The molecule has 128 valence electrons. The van der Waals surface area contributed by atoms with Crippen LogP contribution in [0.3, 0.4) is 0 Å². The molecule has 1 aliphatic heterocycles. The molecule has 7 heteroatoms. The number of hydrogen-bond donors (Lipinski definition) is 2. The highest BCUT2D eigenvalue weighted by Gasteiger charge is 2.27. The smallest absolute Gasteiger partial charge is 0.224 e. The van der Waals surface area contributed by atoms with Crippen LogP contribution in [-0.4, -0.2) is 39.2 Å². The lowest BCUT2D eigenvalue weighted by atomic mass is 9.95. The Balaban J connectivity index is 1.98. The average Bonchev–Trinajstić information content (AvgIpc) is 2.49. The molecule has 1 fully saturated rings. The Labute approximate surface area is 136 Å². The zero-order valence-electron chi connectivity index (χ0n) is 13.4. The van der Waals surface area contributed by atoms with Gasteiger partial charge in [0.05, 0.1) is 10.6 Å². The summed E-state index contributed by atoms with van der Waals surface area (Å²) in [6.45, 7) is 5.34. The molecule has 0 spiro atoms. The minimum Gasteiger partial charge on any atom is -0.353 e. The SMILES string of the molecule is CC(CS(=O)(=O)c1ccc(F)cc1)C(=O)NC1CCNCC1C. The van der Waals surface area contributed by atoms with Gasteiger partial charge in [-0.25, -0.2) is 12.8 Å². The van der Waals surface area contributed by atoms with Gasteiger partial charge in [-0.05, 0) is 49.7 Å². The van der Waals surface area contributed by atoms with Crippen molar-refractivity contribution in [1.82, 2.24) is 10.6 Å². The number of piperidine rings is 1. The highest BCUT2D eigenvalue weighted by Crippen LogP contribution is 2.16. The molecule has 1 saturated heterocycles. The largest absolute Gasteiger partial charge is 0.353 e. The number of hydrogen-bond acceptors (Lipinski definition) is 4. The molecule has 1 heterocycles. The number of amides is 1. The summed E-state index contributed by atoms with van der Waals surface area (Å²) in [7, 11) is -3.62. The van der Waals surface area contributed by atoms with Crippen molar-refractivity contribution in [3.63, 3.8) is 0 Å². The molecule has 3 atom stereocenters. The fraction of sp³-hybridized carbons (Fsp3) is 0.562. The van der Waals surface area contributed by atoms with Crippen LogP contribution in [0.5, 0.6) is 0 Å². The Morgan fingerprint density at radius 3 is 2.65 bits per heavy atom. The van der Waals surface area contributed by atoms with E-state index in [9.17, 15) is 17.6 Å². The topological polar surface area (TPSA) is 75.3 Å². The molecule has 0 bridgehead atoms. The lowest BCUT2D eigenvalue weighted by Gasteiger charge is -2.31. The average molecular weight is 342 g/mol. The van der Waals surface area contributed by atoms with E-state index < -0.39 is 21.6 Å². The first kappa shape index (κ1) is 17.9. The second kappa shape index (κ2) is 7.40. The minimum atomic E-state index is -3.62. The van der Waals surface area contributed by atoms with E-state index in [1.54, 1.807) is 6.92 Å². The molecule has 23 heavy (non-hydrogen) atoms. The van der Waals surface area contributed by atoms with Gasteiger partial charge >= 0.3 is 0 Å². The maximum atomic E-state index is 12.9. The van der Waals surface area contributed by atoms with Crippen LogP contribution in [0.2, 0.25) is 0 Å². The van der Waals surface area contributed by atoms with Gasteiger partial charge in [-0.2, -0.15) is 0 Å². The summed E-state index contributed by atoms with van der Waals surface area (Å²) >= 11 is 0. The third kappa shape index (κ3) is 4.75. The van der Waals surface area contributed by atoms with Gasteiger partial charge < -0.3 is 10.6 Å². The van der Waals surface area contributed by atoms with Gasteiger partial charge in [-0.15, -0.1) is 0 Å². The highest BCUT2D eigenvalue weighted by atomic mass is 32.2. The molecule has 0 saturated carbocycles. The fourth-order valence-electron chi connectivity index (χ4n) is 2.70. The lowest BCUT2D eigenvalue weighted by molar-refractivity contribution is -0.125. The molecule has 5 nitrogen and oxygen atoms in total. The summed E-state index contributed by atoms with van der Waals surface area (Å²) in [4.78, 5) is 12.3. The van der Waals surface area contributed by atoms with E-state index in [0.717, 1.165) is 31.6 Å². The standard InChI is InChI=1S/C16H23FN2O3S/c1-11-9-18-8-7-15(11)19-16(20)12(2)10-23(21,22)14-5-3-13(17)4-6-14/h3-6,11-12,15,18H,7-10H2,1-2H3,(H,19,20). The van der Waals surface area contributed by atoms with Crippen LogP contribution in [-0.2, 0) is 14.6 Å². The number of rotatable bonds is 5. The Hall–Kier alpha value is -1.47. The van der Waals surface area contributed by atoms with Gasteiger partial charge in [0.1, 0.15) is 5.82 Å². The van der Waals surface area contributed by atoms with Crippen molar-refractivity contribution in [1.29, 1.82) is 0 Å². The Morgan fingerprint density at radius 2 is 2.04 bits per heavy atom. The predicted octanol–water partition coefficient (Wildman–Crippen LogP) is 1.35. The van der Waals surface area contributed by atoms with Crippen LogP contribution < -0.4 is 10.6 Å². The van der Waals surface area contributed by atoms with E-state index in [-0.39, 0.29) is 22.6 Å². The molecule has 0 aliphatic carbocycles. The van der Waals surface area contributed by atoms with Crippen molar-refractivity contribution in [3.05, 3.63) is 30.1 Å². The van der Waals surface area contributed by atoms with Crippen LogP contribution in [0.15, 0.2) is 29.2 Å². The second-order valence-corrected chi connectivity index (χ2v) is 8.26. The number of carbonyl (C=O) groups excluding carboxylic acids is 1. The maximum Gasteiger partial charge on any atom is 0.224 e. The molecular formula is C16H23FN2O3S. The number of halogens is 1. The van der Waals surface area contributed by atoms with Crippen LogP contribution in [0, 0.1) is 17.7 Å². The molecule has 1 aliphatic rings. The Morgan fingerprint density at radius 1 is 1.39 bits per heavy atom. The van der Waals surface area contributed by atoms with E-state index in [2.05, 4.69) is 17.6 Å². The number of sulfone groups is 1. The zero-order valence-corrected chi connectivity index (χ0v) is 14.2. The van der Waals surface area contributed by atoms with E-state index in [0.29, 0.717) is 5.92 Å². The van der Waals surface area contributed by atoms with Gasteiger partial charge in [0.25, 0.3) is 0 Å². The monoisotopic (exact) mass is 342 g/mol.